The Morgan fingerprint density at radius 2 is 1.42 bits per heavy atom. The maximum atomic E-state index is 12.4. The van der Waals surface area contributed by atoms with Crippen molar-refractivity contribution in [2.24, 2.45) is 0 Å². The van der Waals surface area contributed by atoms with Crippen LogP contribution in [0.3, 0.4) is 0 Å². The van der Waals surface area contributed by atoms with Crippen LogP contribution < -0.4 is 5.32 Å². The third-order valence-electron chi connectivity index (χ3n) is 5.46. The van der Waals surface area contributed by atoms with Crippen LogP contribution in [0, 0.1) is 0 Å². The minimum absolute atomic E-state index is 0.205. The SMILES string of the molecule is CCCCCC(=O)N(CC/C=C\C/C=C\C/C=C\CCCC(=O)NC1CC1)CCCC. The first kappa shape index (κ1) is 27.2. The fourth-order valence-electron chi connectivity index (χ4n) is 3.31. The second-order valence-electron chi connectivity index (χ2n) is 8.60. The van der Waals surface area contributed by atoms with Crippen molar-refractivity contribution in [3.8, 4) is 0 Å². The summed E-state index contributed by atoms with van der Waals surface area (Å²) in [7, 11) is 0. The van der Waals surface area contributed by atoms with E-state index in [1.165, 1.54) is 0 Å². The Morgan fingerprint density at radius 1 is 0.774 bits per heavy atom. The van der Waals surface area contributed by atoms with Crippen LogP contribution in [0.1, 0.15) is 104 Å². The van der Waals surface area contributed by atoms with E-state index < -0.39 is 0 Å². The van der Waals surface area contributed by atoms with Gasteiger partial charge in [0.25, 0.3) is 0 Å². The largest absolute Gasteiger partial charge is 0.353 e. The van der Waals surface area contributed by atoms with Gasteiger partial charge in [-0.3, -0.25) is 9.59 Å². The Labute approximate surface area is 191 Å². The quantitative estimate of drug-likeness (QED) is 0.188. The standard InChI is InChI=1S/C27H46N2O2/c1-3-5-16-20-27(31)29(23-6-4-2)24-18-15-13-11-9-7-8-10-12-14-17-19-26(30)28-25-21-22-25/h7,9-10,12-13,15,25H,3-6,8,11,14,16-24H2,1-2H3,(H,28,30)/b9-7-,12-10-,15-13-. The Balaban J connectivity index is 2.06. The maximum Gasteiger partial charge on any atom is 0.222 e. The summed E-state index contributed by atoms with van der Waals surface area (Å²) < 4.78 is 0. The Morgan fingerprint density at radius 3 is 2.06 bits per heavy atom. The van der Waals surface area contributed by atoms with Crippen molar-refractivity contribution in [2.75, 3.05) is 13.1 Å². The summed E-state index contributed by atoms with van der Waals surface area (Å²) >= 11 is 0. The summed E-state index contributed by atoms with van der Waals surface area (Å²) in [4.78, 5) is 26.0. The topological polar surface area (TPSA) is 49.4 Å². The number of carbonyl (C=O) groups excluding carboxylic acids is 2. The maximum absolute atomic E-state index is 12.4. The lowest BCUT2D eigenvalue weighted by atomic mass is 10.1. The minimum atomic E-state index is 0.205. The molecule has 0 unspecified atom stereocenters. The van der Waals surface area contributed by atoms with Gasteiger partial charge in [-0.25, -0.2) is 0 Å². The molecule has 0 saturated heterocycles. The van der Waals surface area contributed by atoms with Crippen molar-refractivity contribution >= 4 is 11.8 Å². The Bertz CT molecular complexity index is 562. The molecule has 0 aromatic heterocycles. The fourth-order valence-corrected chi connectivity index (χ4v) is 3.31. The first-order valence-corrected chi connectivity index (χ1v) is 12.7. The molecule has 0 spiro atoms. The van der Waals surface area contributed by atoms with Crippen LogP contribution in [0.5, 0.6) is 0 Å². The van der Waals surface area contributed by atoms with Crippen molar-refractivity contribution < 1.29 is 9.59 Å². The van der Waals surface area contributed by atoms with Gasteiger partial charge in [0.15, 0.2) is 0 Å². The van der Waals surface area contributed by atoms with Crippen molar-refractivity contribution in [3.05, 3.63) is 36.5 Å². The molecule has 1 N–H and O–H groups in total. The highest BCUT2D eigenvalue weighted by molar-refractivity contribution is 5.76. The van der Waals surface area contributed by atoms with Crippen molar-refractivity contribution in [1.29, 1.82) is 0 Å². The predicted octanol–water partition coefficient (Wildman–Crippen LogP) is 6.48. The summed E-state index contributed by atoms with van der Waals surface area (Å²) in [6, 6.07) is 0.472. The van der Waals surface area contributed by atoms with E-state index in [0.717, 1.165) is 90.1 Å². The summed E-state index contributed by atoms with van der Waals surface area (Å²) in [5.74, 6) is 0.530. The molecule has 176 valence electrons. The monoisotopic (exact) mass is 430 g/mol. The molecule has 0 aromatic carbocycles. The van der Waals surface area contributed by atoms with Gasteiger partial charge >= 0.3 is 0 Å². The predicted molar refractivity (Wildman–Crippen MR) is 132 cm³/mol. The molecule has 1 saturated carbocycles. The molecule has 4 heteroatoms. The van der Waals surface area contributed by atoms with Gasteiger partial charge in [-0.2, -0.15) is 0 Å². The molecule has 2 amide bonds. The molecule has 31 heavy (non-hydrogen) atoms. The number of allylic oxidation sites excluding steroid dienone is 5. The van der Waals surface area contributed by atoms with Gasteiger partial charge in [0.2, 0.25) is 11.8 Å². The molecule has 1 aliphatic carbocycles. The normalized spacial score (nSPS) is 14.1. The van der Waals surface area contributed by atoms with Crippen LogP contribution in [0.25, 0.3) is 0 Å². The molecule has 1 aliphatic rings. The molecule has 1 rings (SSSR count). The van der Waals surface area contributed by atoms with Gasteiger partial charge in [0.1, 0.15) is 0 Å². The highest BCUT2D eigenvalue weighted by Gasteiger charge is 2.22. The van der Waals surface area contributed by atoms with Crippen LogP contribution in [-0.2, 0) is 9.59 Å². The van der Waals surface area contributed by atoms with Crippen LogP contribution in [0.15, 0.2) is 36.5 Å². The summed E-state index contributed by atoms with van der Waals surface area (Å²) in [5, 5.41) is 3.02. The fraction of sp³-hybridized carbons (Fsp3) is 0.704. The lowest BCUT2D eigenvalue weighted by Crippen LogP contribution is -2.32. The van der Waals surface area contributed by atoms with E-state index in [1.54, 1.807) is 0 Å². The van der Waals surface area contributed by atoms with Gasteiger partial charge in [-0.05, 0) is 57.8 Å². The number of rotatable bonds is 19. The lowest BCUT2D eigenvalue weighted by Gasteiger charge is -2.22. The summed E-state index contributed by atoms with van der Waals surface area (Å²) in [6.45, 7) is 6.09. The molecule has 0 aromatic rings. The van der Waals surface area contributed by atoms with E-state index in [2.05, 4.69) is 60.5 Å². The molecular formula is C27H46N2O2. The molecule has 1 fully saturated rings. The first-order chi connectivity index (χ1) is 15.2. The summed E-state index contributed by atoms with van der Waals surface area (Å²) in [6.07, 6.45) is 27.0. The molecule has 0 atom stereocenters. The highest BCUT2D eigenvalue weighted by atomic mass is 16.2. The average molecular weight is 431 g/mol. The van der Waals surface area contributed by atoms with E-state index in [0.29, 0.717) is 24.8 Å². The van der Waals surface area contributed by atoms with Crippen LogP contribution in [-0.4, -0.2) is 35.8 Å². The zero-order valence-corrected chi connectivity index (χ0v) is 20.1. The Kier molecular flexibility index (Phi) is 16.6. The smallest absolute Gasteiger partial charge is 0.222 e. The number of carbonyl (C=O) groups is 2. The third-order valence-corrected chi connectivity index (χ3v) is 5.46. The number of hydrogen-bond donors (Lipinski definition) is 1. The first-order valence-electron chi connectivity index (χ1n) is 12.7. The number of nitrogens with one attached hydrogen (secondary N) is 1. The Hall–Kier alpha value is -1.84. The molecule has 0 bridgehead atoms. The number of unbranched alkanes of at least 4 members (excludes halogenated alkanes) is 4. The van der Waals surface area contributed by atoms with Crippen molar-refractivity contribution in [3.63, 3.8) is 0 Å². The zero-order chi connectivity index (χ0) is 22.6. The third kappa shape index (κ3) is 16.5. The van der Waals surface area contributed by atoms with Crippen LogP contribution in [0.2, 0.25) is 0 Å². The van der Waals surface area contributed by atoms with Gasteiger partial charge in [0, 0.05) is 32.0 Å². The molecule has 0 radical (unpaired) electrons. The van der Waals surface area contributed by atoms with E-state index in [1.807, 2.05) is 0 Å². The van der Waals surface area contributed by atoms with Crippen molar-refractivity contribution in [1.82, 2.24) is 10.2 Å². The van der Waals surface area contributed by atoms with E-state index >= 15 is 0 Å². The molecule has 0 aliphatic heterocycles. The molecule has 0 heterocycles. The van der Waals surface area contributed by atoms with E-state index in [4.69, 9.17) is 0 Å². The molecular weight excluding hydrogens is 384 g/mol. The second kappa shape index (κ2) is 18.9. The second-order valence-corrected chi connectivity index (χ2v) is 8.60. The number of nitrogens with zero attached hydrogens (tertiary/aromatic N) is 1. The van der Waals surface area contributed by atoms with E-state index in [-0.39, 0.29) is 5.91 Å². The molecule has 4 nitrogen and oxygen atoms in total. The number of hydrogen-bond acceptors (Lipinski definition) is 2. The van der Waals surface area contributed by atoms with Gasteiger partial charge in [0.05, 0.1) is 0 Å². The van der Waals surface area contributed by atoms with Gasteiger partial charge in [-0.15, -0.1) is 0 Å². The van der Waals surface area contributed by atoms with E-state index in [9.17, 15) is 9.59 Å². The highest BCUT2D eigenvalue weighted by Crippen LogP contribution is 2.18. The van der Waals surface area contributed by atoms with Gasteiger partial charge < -0.3 is 10.2 Å². The zero-order valence-electron chi connectivity index (χ0n) is 20.1. The average Bonchev–Trinajstić information content (AvgIpc) is 3.57. The van der Waals surface area contributed by atoms with Crippen molar-refractivity contribution in [2.45, 2.75) is 110 Å². The van der Waals surface area contributed by atoms with Gasteiger partial charge in [-0.1, -0.05) is 69.6 Å². The summed E-state index contributed by atoms with van der Waals surface area (Å²) in [5.41, 5.74) is 0. The van der Waals surface area contributed by atoms with Crippen LogP contribution in [0.4, 0.5) is 0 Å². The van der Waals surface area contributed by atoms with Crippen LogP contribution >= 0.6 is 0 Å². The number of amides is 2. The lowest BCUT2D eigenvalue weighted by molar-refractivity contribution is -0.131. The minimum Gasteiger partial charge on any atom is -0.353 e.